The molecule has 2 saturated heterocycles. The second-order valence-electron chi connectivity index (χ2n) is 5.64. The molecule has 1 amide bonds. The average molecular weight is 271 g/mol. The lowest BCUT2D eigenvalue weighted by Crippen LogP contribution is -2.51. The van der Waals surface area contributed by atoms with E-state index in [0.717, 1.165) is 38.5 Å². The highest BCUT2D eigenvalue weighted by Crippen LogP contribution is 2.35. The Morgan fingerprint density at radius 1 is 1.42 bits per heavy atom. The Labute approximate surface area is 114 Å². The van der Waals surface area contributed by atoms with E-state index in [1.54, 1.807) is 4.90 Å². The summed E-state index contributed by atoms with van der Waals surface area (Å²) in [5, 5.41) is 9.47. The first kappa shape index (κ1) is 14.6. The van der Waals surface area contributed by atoms with Gasteiger partial charge in [-0.3, -0.25) is 0 Å². The SMILES string of the molecule is CCCCOC(=O)N1CCC2(CCC(O)CO2)CC1. The van der Waals surface area contributed by atoms with E-state index in [9.17, 15) is 9.90 Å². The van der Waals surface area contributed by atoms with Crippen molar-refractivity contribution in [1.82, 2.24) is 4.90 Å². The fraction of sp³-hybridized carbons (Fsp3) is 0.929. The van der Waals surface area contributed by atoms with Gasteiger partial charge in [-0.15, -0.1) is 0 Å². The number of hydrogen-bond acceptors (Lipinski definition) is 4. The topological polar surface area (TPSA) is 59.0 Å². The Morgan fingerprint density at radius 2 is 2.16 bits per heavy atom. The quantitative estimate of drug-likeness (QED) is 0.797. The van der Waals surface area contributed by atoms with Gasteiger partial charge >= 0.3 is 6.09 Å². The van der Waals surface area contributed by atoms with Crippen LogP contribution in [0.5, 0.6) is 0 Å². The lowest BCUT2D eigenvalue weighted by molar-refractivity contribution is -0.144. The van der Waals surface area contributed by atoms with Crippen molar-refractivity contribution in [3.63, 3.8) is 0 Å². The number of nitrogens with zero attached hydrogens (tertiary/aromatic N) is 1. The number of likely N-dealkylation sites (tertiary alicyclic amines) is 1. The maximum absolute atomic E-state index is 11.8. The van der Waals surface area contributed by atoms with Crippen molar-refractivity contribution in [3.05, 3.63) is 0 Å². The fourth-order valence-electron chi connectivity index (χ4n) is 2.74. The molecule has 2 heterocycles. The van der Waals surface area contributed by atoms with Crippen LogP contribution < -0.4 is 0 Å². The smallest absolute Gasteiger partial charge is 0.409 e. The molecular weight excluding hydrogens is 246 g/mol. The van der Waals surface area contributed by atoms with Gasteiger partial charge in [-0.2, -0.15) is 0 Å². The molecule has 2 aliphatic heterocycles. The Bertz CT molecular complexity index is 290. The number of carbonyl (C=O) groups excluding carboxylic acids is 1. The summed E-state index contributed by atoms with van der Waals surface area (Å²) in [5.41, 5.74) is -0.112. The number of piperidine rings is 1. The van der Waals surface area contributed by atoms with E-state index in [-0.39, 0.29) is 17.8 Å². The average Bonchev–Trinajstić information content (AvgIpc) is 2.43. The summed E-state index contributed by atoms with van der Waals surface area (Å²) < 4.78 is 11.0. The maximum Gasteiger partial charge on any atom is 0.409 e. The van der Waals surface area contributed by atoms with Crippen molar-refractivity contribution in [3.8, 4) is 0 Å². The van der Waals surface area contributed by atoms with Crippen molar-refractivity contribution in [2.45, 2.75) is 57.2 Å². The number of aliphatic hydroxyl groups is 1. The summed E-state index contributed by atoms with van der Waals surface area (Å²) in [7, 11) is 0. The van der Waals surface area contributed by atoms with Crippen LogP contribution in [0.25, 0.3) is 0 Å². The number of amides is 1. The second-order valence-corrected chi connectivity index (χ2v) is 5.64. The predicted molar refractivity (Wildman–Crippen MR) is 71.0 cm³/mol. The molecule has 5 nitrogen and oxygen atoms in total. The van der Waals surface area contributed by atoms with Gasteiger partial charge in [0.2, 0.25) is 0 Å². The highest BCUT2D eigenvalue weighted by molar-refractivity contribution is 5.67. The molecule has 0 radical (unpaired) electrons. The lowest BCUT2D eigenvalue weighted by Gasteiger charge is -2.44. The van der Waals surface area contributed by atoms with Gasteiger partial charge in [0.1, 0.15) is 0 Å². The molecule has 0 aromatic heterocycles. The molecule has 0 bridgehead atoms. The molecule has 0 aromatic carbocycles. The van der Waals surface area contributed by atoms with Gasteiger partial charge in [-0.05, 0) is 32.1 Å². The molecule has 1 spiro atoms. The molecule has 0 saturated carbocycles. The van der Waals surface area contributed by atoms with Crippen LogP contribution in [0.3, 0.4) is 0 Å². The van der Waals surface area contributed by atoms with Gasteiger partial charge in [-0.1, -0.05) is 13.3 Å². The number of unbranched alkanes of at least 4 members (excludes halogenated alkanes) is 1. The highest BCUT2D eigenvalue weighted by atomic mass is 16.6. The van der Waals surface area contributed by atoms with Gasteiger partial charge in [-0.25, -0.2) is 4.79 Å². The molecule has 0 aromatic rings. The van der Waals surface area contributed by atoms with Crippen molar-refractivity contribution in [2.75, 3.05) is 26.3 Å². The van der Waals surface area contributed by atoms with E-state index in [2.05, 4.69) is 6.92 Å². The summed E-state index contributed by atoms with van der Waals surface area (Å²) in [4.78, 5) is 13.6. The largest absolute Gasteiger partial charge is 0.449 e. The highest BCUT2D eigenvalue weighted by Gasteiger charge is 2.40. The summed E-state index contributed by atoms with van der Waals surface area (Å²) >= 11 is 0. The van der Waals surface area contributed by atoms with Gasteiger partial charge in [0, 0.05) is 13.1 Å². The van der Waals surface area contributed by atoms with Gasteiger partial charge in [0.25, 0.3) is 0 Å². The monoisotopic (exact) mass is 271 g/mol. The van der Waals surface area contributed by atoms with Crippen LogP contribution in [0.15, 0.2) is 0 Å². The molecule has 1 unspecified atom stereocenters. The van der Waals surface area contributed by atoms with E-state index >= 15 is 0 Å². The first-order valence-electron chi connectivity index (χ1n) is 7.39. The summed E-state index contributed by atoms with van der Waals surface area (Å²) in [6, 6.07) is 0. The lowest BCUT2D eigenvalue weighted by atomic mass is 9.84. The Kier molecular flexibility index (Phi) is 5.05. The van der Waals surface area contributed by atoms with E-state index in [4.69, 9.17) is 9.47 Å². The number of ether oxygens (including phenoxy) is 2. The molecule has 2 fully saturated rings. The predicted octanol–water partition coefficient (Wildman–Crippen LogP) is 1.93. The van der Waals surface area contributed by atoms with Crippen LogP contribution in [0, 0.1) is 0 Å². The molecule has 19 heavy (non-hydrogen) atoms. The third kappa shape index (κ3) is 3.83. The Morgan fingerprint density at radius 3 is 2.74 bits per heavy atom. The van der Waals surface area contributed by atoms with Gasteiger partial charge < -0.3 is 19.5 Å². The van der Waals surface area contributed by atoms with Crippen LogP contribution in [0.1, 0.15) is 45.4 Å². The summed E-state index contributed by atoms with van der Waals surface area (Å²) in [6.45, 7) is 4.41. The minimum Gasteiger partial charge on any atom is -0.449 e. The van der Waals surface area contributed by atoms with Crippen LogP contribution in [-0.2, 0) is 9.47 Å². The minimum atomic E-state index is -0.317. The third-order valence-corrected chi connectivity index (χ3v) is 4.17. The minimum absolute atomic E-state index is 0.112. The van der Waals surface area contributed by atoms with E-state index < -0.39 is 0 Å². The zero-order valence-electron chi connectivity index (χ0n) is 11.8. The zero-order chi connectivity index (χ0) is 13.7. The number of hydrogen-bond donors (Lipinski definition) is 1. The van der Waals surface area contributed by atoms with Gasteiger partial charge in [0.05, 0.1) is 24.9 Å². The van der Waals surface area contributed by atoms with Crippen LogP contribution in [0.4, 0.5) is 4.79 Å². The zero-order valence-corrected chi connectivity index (χ0v) is 11.8. The molecule has 0 aliphatic carbocycles. The van der Waals surface area contributed by atoms with E-state index in [0.29, 0.717) is 26.3 Å². The molecule has 2 rings (SSSR count). The molecule has 110 valence electrons. The first-order valence-corrected chi connectivity index (χ1v) is 7.39. The third-order valence-electron chi connectivity index (χ3n) is 4.17. The van der Waals surface area contributed by atoms with Gasteiger partial charge in [0.15, 0.2) is 0 Å². The van der Waals surface area contributed by atoms with Crippen LogP contribution in [0.2, 0.25) is 0 Å². The molecule has 2 aliphatic rings. The van der Waals surface area contributed by atoms with Crippen molar-refractivity contribution >= 4 is 6.09 Å². The molecule has 5 heteroatoms. The molecular formula is C14H25NO4. The van der Waals surface area contributed by atoms with E-state index in [1.165, 1.54) is 0 Å². The molecule has 1 atom stereocenters. The second kappa shape index (κ2) is 6.57. The normalized spacial score (nSPS) is 26.4. The maximum atomic E-state index is 11.8. The summed E-state index contributed by atoms with van der Waals surface area (Å²) in [5.74, 6) is 0. The number of rotatable bonds is 3. The van der Waals surface area contributed by atoms with Crippen LogP contribution in [-0.4, -0.2) is 54.1 Å². The van der Waals surface area contributed by atoms with E-state index in [1.807, 2.05) is 0 Å². The Hall–Kier alpha value is -0.810. The van der Waals surface area contributed by atoms with Crippen molar-refractivity contribution in [1.29, 1.82) is 0 Å². The van der Waals surface area contributed by atoms with Crippen molar-refractivity contribution in [2.24, 2.45) is 0 Å². The van der Waals surface area contributed by atoms with Crippen molar-refractivity contribution < 1.29 is 19.4 Å². The molecule has 1 N–H and O–H groups in total. The van der Waals surface area contributed by atoms with Crippen LogP contribution >= 0.6 is 0 Å². The number of aliphatic hydroxyl groups excluding tert-OH is 1. The first-order chi connectivity index (χ1) is 9.15. The standard InChI is InChI=1S/C14H25NO4/c1-2-3-10-18-13(17)15-8-6-14(7-9-15)5-4-12(16)11-19-14/h12,16H,2-11H2,1H3. The number of carbonyl (C=O) groups is 1. The Balaban J connectivity index is 1.74. The summed E-state index contributed by atoms with van der Waals surface area (Å²) in [6.07, 6.45) is 4.85. The fourth-order valence-corrected chi connectivity index (χ4v) is 2.74.